The van der Waals surface area contributed by atoms with Crippen molar-refractivity contribution in [3.8, 4) is 5.75 Å². The van der Waals surface area contributed by atoms with Gasteiger partial charge in [0.05, 0.1) is 11.7 Å². The summed E-state index contributed by atoms with van der Waals surface area (Å²) in [5.41, 5.74) is 6.09. The molecule has 3 heteroatoms. The highest BCUT2D eigenvalue weighted by atomic mass is 16.5. The fourth-order valence-corrected chi connectivity index (χ4v) is 1.62. The van der Waals surface area contributed by atoms with E-state index in [4.69, 9.17) is 10.5 Å². The van der Waals surface area contributed by atoms with Gasteiger partial charge in [-0.05, 0) is 45.4 Å². The summed E-state index contributed by atoms with van der Waals surface area (Å²) in [6, 6.07) is 7.41. The van der Waals surface area contributed by atoms with Crippen LogP contribution in [0.3, 0.4) is 0 Å². The first-order chi connectivity index (χ1) is 8.15. The maximum atomic E-state index is 12.0. The number of ketones is 1. The van der Waals surface area contributed by atoms with E-state index < -0.39 is 0 Å². The molecule has 0 aromatic heterocycles. The van der Waals surface area contributed by atoms with Crippen LogP contribution in [0.1, 0.15) is 43.5 Å². The lowest BCUT2D eigenvalue weighted by Crippen LogP contribution is -2.10. The second kappa shape index (κ2) is 7.07. The average Bonchev–Trinajstić information content (AvgIpc) is 2.29. The number of nitrogens with two attached hydrogens (primary N) is 1. The number of Topliss-reactive ketones (excluding diaryl/α,β-unsaturated/α-hetero) is 1. The smallest absolute Gasteiger partial charge is 0.166 e. The van der Waals surface area contributed by atoms with E-state index in [1.807, 2.05) is 38.1 Å². The SMILES string of the molecule is CC(C)Oc1ccccc1C(=O)CCCCN. The van der Waals surface area contributed by atoms with Crippen LogP contribution in [-0.4, -0.2) is 18.4 Å². The van der Waals surface area contributed by atoms with Crippen LogP contribution < -0.4 is 10.5 Å². The molecular weight excluding hydrogens is 214 g/mol. The van der Waals surface area contributed by atoms with E-state index in [-0.39, 0.29) is 11.9 Å². The standard InChI is InChI=1S/C14H21NO2/c1-11(2)17-14-9-4-3-7-12(14)13(16)8-5-6-10-15/h3-4,7,9,11H,5-6,8,10,15H2,1-2H3. The van der Waals surface area contributed by atoms with E-state index in [0.29, 0.717) is 24.3 Å². The van der Waals surface area contributed by atoms with E-state index in [1.54, 1.807) is 0 Å². The highest BCUT2D eigenvalue weighted by Gasteiger charge is 2.12. The molecule has 1 aromatic carbocycles. The van der Waals surface area contributed by atoms with Crippen molar-refractivity contribution in [2.24, 2.45) is 5.73 Å². The van der Waals surface area contributed by atoms with Crippen molar-refractivity contribution in [3.63, 3.8) is 0 Å². The molecule has 2 N–H and O–H groups in total. The predicted octanol–water partition coefficient (Wildman–Crippen LogP) is 2.79. The van der Waals surface area contributed by atoms with Gasteiger partial charge in [0.25, 0.3) is 0 Å². The van der Waals surface area contributed by atoms with Gasteiger partial charge in [-0.2, -0.15) is 0 Å². The maximum absolute atomic E-state index is 12.0. The number of benzene rings is 1. The van der Waals surface area contributed by atoms with Crippen LogP contribution in [-0.2, 0) is 0 Å². The lowest BCUT2D eigenvalue weighted by molar-refractivity contribution is 0.0974. The summed E-state index contributed by atoms with van der Waals surface area (Å²) < 4.78 is 5.63. The molecule has 0 unspecified atom stereocenters. The third kappa shape index (κ3) is 4.57. The van der Waals surface area contributed by atoms with Gasteiger partial charge in [-0.1, -0.05) is 12.1 Å². The second-order valence-electron chi connectivity index (χ2n) is 4.33. The zero-order valence-corrected chi connectivity index (χ0v) is 10.6. The molecule has 1 rings (SSSR count). The molecule has 0 saturated carbocycles. The third-order valence-corrected chi connectivity index (χ3v) is 2.41. The van der Waals surface area contributed by atoms with Crippen LogP contribution in [0.2, 0.25) is 0 Å². The first-order valence-electron chi connectivity index (χ1n) is 6.14. The van der Waals surface area contributed by atoms with E-state index in [2.05, 4.69) is 0 Å². The summed E-state index contributed by atoms with van der Waals surface area (Å²) in [6.07, 6.45) is 2.34. The Kier molecular flexibility index (Phi) is 5.70. The average molecular weight is 235 g/mol. The maximum Gasteiger partial charge on any atom is 0.166 e. The Labute approximate surface area is 103 Å². The fraction of sp³-hybridized carbons (Fsp3) is 0.500. The first-order valence-corrected chi connectivity index (χ1v) is 6.14. The number of carbonyl (C=O) groups excluding carboxylic acids is 1. The molecule has 94 valence electrons. The van der Waals surface area contributed by atoms with Crippen molar-refractivity contribution in [3.05, 3.63) is 29.8 Å². The highest BCUT2D eigenvalue weighted by Crippen LogP contribution is 2.21. The second-order valence-corrected chi connectivity index (χ2v) is 4.33. The molecule has 0 amide bonds. The van der Waals surface area contributed by atoms with Crippen LogP contribution in [0, 0.1) is 0 Å². The summed E-state index contributed by atoms with van der Waals surface area (Å²) in [6.45, 7) is 4.54. The number of para-hydroxylation sites is 1. The van der Waals surface area contributed by atoms with Crippen molar-refractivity contribution in [1.29, 1.82) is 0 Å². The van der Waals surface area contributed by atoms with E-state index in [0.717, 1.165) is 12.8 Å². The molecule has 0 atom stereocenters. The molecule has 3 nitrogen and oxygen atoms in total. The van der Waals surface area contributed by atoms with Crippen molar-refractivity contribution in [1.82, 2.24) is 0 Å². The van der Waals surface area contributed by atoms with Crippen LogP contribution in [0.25, 0.3) is 0 Å². The Bertz CT molecular complexity index is 361. The predicted molar refractivity (Wildman–Crippen MR) is 69.4 cm³/mol. The summed E-state index contributed by atoms with van der Waals surface area (Å²) >= 11 is 0. The zero-order chi connectivity index (χ0) is 12.7. The minimum Gasteiger partial charge on any atom is -0.490 e. The molecule has 0 heterocycles. The number of unbranched alkanes of at least 4 members (excludes halogenated alkanes) is 1. The molecule has 0 aliphatic carbocycles. The summed E-state index contributed by atoms with van der Waals surface area (Å²) in [7, 11) is 0. The summed E-state index contributed by atoms with van der Waals surface area (Å²) in [4.78, 5) is 12.0. The first kappa shape index (κ1) is 13.7. The van der Waals surface area contributed by atoms with Crippen molar-refractivity contribution >= 4 is 5.78 Å². The molecule has 0 saturated heterocycles. The quantitative estimate of drug-likeness (QED) is 0.584. The van der Waals surface area contributed by atoms with Crippen LogP contribution in [0.4, 0.5) is 0 Å². The fourth-order valence-electron chi connectivity index (χ4n) is 1.62. The Morgan fingerprint density at radius 2 is 2.00 bits per heavy atom. The minimum atomic E-state index is 0.0768. The van der Waals surface area contributed by atoms with Gasteiger partial charge in [0.1, 0.15) is 5.75 Å². The highest BCUT2D eigenvalue weighted by molar-refractivity contribution is 5.98. The van der Waals surface area contributed by atoms with Crippen molar-refractivity contribution in [2.45, 2.75) is 39.2 Å². The van der Waals surface area contributed by atoms with Crippen LogP contribution in [0.5, 0.6) is 5.75 Å². The van der Waals surface area contributed by atoms with Crippen molar-refractivity contribution in [2.75, 3.05) is 6.54 Å². The van der Waals surface area contributed by atoms with Gasteiger partial charge in [0.2, 0.25) is 0 Å². The number of ether oxygens (including phenoxy) is 1. The molecular formula is C14H21NO2. The Morgan fingerprint density at radius 3 is 2.65 bits per heavy atom. The molecule has 0 spiro atoms. The van der Waals surface area contributed by atoms with Gasteiger partial charge < -0.3 is 10.5 Å². The summed E-state index contributed by atoms with van der Waals surface area (Å²) in [5, 5.41) is 0. The van der Waals surface area contributed by atoms with Gasteiger partial charge in [-0.25, -0.2) is 0 Å². The van der Waals surface area contributed by atoms with Crippen LogP contribution in [0.15, 0.2) is 24.3 Å². The van der Waals surface area contributed by atoms with Gasteiger partial charge in [0, 0.05) is 6.42 Å². The van der Waals surface area contributed by atoms with Gasteiger partial charge in [-0.3, -0.25) is 4.79 Å². The van der Waals surface area contributed by atoms with Gasteiger partial charge in [0.15, 0.2) is 5.78 Å². The molecule has 1 aromatic rings. The number of carbonyl (C=O) groups is 1. The topological polar surface area (TPSA) is 52.3 Å². The largest absolute Gasteiger partial charge is 0.490 e. The lowest BCUT2D eigenvalue weighted by atomic mass is 10.0. The summed E-state index contributed by atoms with van der Waals surface area (Å²) in [5.74, 6) is 0.815. The monoisotopic (exact) mass is 235 g/mol. The Morgan fingerprint density at radius 1 is 1.29 bits per heavy atom. The van der Waals surface area contributed by atoms with E-state index >= 15 is 0 Å². The molecule has 17 heavy (non-hydrogen) atoms. The Hall–Kier alpha value is -1.35. The Balaban J connectivity index is 2.71. The van der Waals surface area contributed by atoms with E-state index in [9.17, 15) is 4.79 Å². The number of rotatable bonds is 7. The van der Waals surface area contributed by atoms with E-state index in [1.165, 1.54) is 0 Å². The number of hydrogen-bond donors (Lipinski definition) is 1. The molecule has 0 radical (unpaired) electrons. The zero-order valence-electron chi connectivity index (χ0n) is 10.6. The minimum absolute atomic E-state index is 0.0768. The normalized spacial score (nSPS) is 10.6. The van der Waals surface area contributed by atoms with Crippen LogP contribution >= 0.6 is 0 Å². The third-order valence-electron chi connectivity index (χ3n) is 2.41. The van der Waals surface area contributed by atoms with Gasteiger partial charge >= 0.3 is 0 Å². The molecule has 0 aliphatic heterocycles. The molecule has 0 aliphatic rings. The molecule has 0 bridgehead atoms. The van der Waals surface area contributed by atoms with Gasteiger partial charge in [-0.15, -0.1) is 0 Å². The lowest BCUT2D eigenvalue weighted by Gasteiger charge is -2.13. The van der Waals surface area contributed by atoms with Crippen molar-refractivity contribution < 1.29 is 9.53 Å². The number of hydrogen-bond acceptors (Lipinski definition) is 3. The molecule has 0 fully saturated rings.